The molecular weight excluding hydrogens is 236 g/mol. The van der Waals surface area contributed by atoms with Crippen molar-refractivity contribution in [2.45, 2.75) is 38.3 Å². The molecule has 1 aliphatic carbocycles. The first-order valence-corrected chi connectivity index (χ1v) is 8.13. The van der Waals surface area contributed by atoms with E-state index < -0.39 is 9.84 Å². The van der Waals surface area contributed by atoms with Gasteiger partial charge in [-0.2, -0.15) is 0 Å². The second kappa shape index (κ2) is 4.82. The van der Waals surface area contributed by atoms with E-state index in [1.165, 1.54) is 17.4 Å². The lowest BCUT2D eigenvalue weighted by atomic mass is 9.92. The molecule has 0 saturated carbocycles. The van der Waals surface area contributed by atoms with Crippen LogP contribution in [0.1, 0.15) is 36.4 Å². The largest absolute Gasteiger partial charge is 0.354 e. The van der Waals surface area contributed by atoms with Crippen molar-refractivity contribution in [3.05, 3.63) is 23.5 Å². The number of hydrogen-bond donors (Lipinski definition) is 1. The maximum absolute atomic E-state index is 11.0. The van der Waals surface area contributed by atoms with Crippen molar-refractivity contribution in [2.24, 2.45) is 5.73 Å². The predicted octanol–water partition coefficient (Wildman–Crippen LogP) is 1.26. The van der Waals surface area contributed by atoms with Gasteiger partial charge in [0.25, 0.3) is 0 Å². The van der Waals surface area contributed by atoms with Crippen LogP contribution in [0.4, 0.5) is 0 Å². The van der Waals surface area contributed by atoms with Gasteiger partial charge in [-0.25, -0.2) is 8.42 Å². The van der Waals surface area contributed by atoms with E-state index >= 15 is 0 Å². The smallest absolute Gasteiger partial charge is 0.147 e. The molecule has 0 amide bonds. The molecule has 1 aromatic rings. The molecule has 0 aliphatic heterocycles. The first-order chi connectivity index (χ1) is 7.96. The van der Waals surface area contributed by atoms with Crippen LogP contribution in [0.25, 0.3) is 0 Å². The number of nitrogens with zero attached hydrogens (tertiary/aromatic N) is 1. The van der Waals surface area contributed by atoms with Crippen LogP contribution in [0.3, 0.4) is 0 Å². The lowest BCUT2D eigenvalue weighted by Crippen LogP contribution is -2.15. The van der Waals surface area contributed by atoms with Gasteiger partial charge in [0.05, 0.1) is 5.75 Å². The maximum Gasteiger partial charge on any atom is 0.147 e. The Morgan fingerprint density at radius 2 is 2.24 bits per heavy atom. The normalized spacial score (nSPS) is 20.2. The first kappa shape index (κ1) is 12.6. The third-order valence-electron chi connectivity index (χ3n) is 3.29. The van der Waals surface area contributed by atoms with Crippen LogP contribution in [0.5, 0.6) is 0 Å². The molecule has 1 aliphatic rings. The van der Waals surface area contributed by atoms with Crippen molar-refractivity contribution in [1.29, 1.82) is 0 Å². The van der Waals surface area contributed by atoms with Gasteiger partial charge in [-0.3, -0.25) is 0 Å². The monoisotopic (exact) mass is 256 g/mol. The Kier molecular flexibility index (Phi) is 3.58. The summed E-state index contributed by atoms with van der Waals surface area (Å²) in [6, 6.07) is 0.162. The number of aromatic nitrogens is 1. The summed E-state index contributed by atoms with van der Waals surface area (Å²) in [5.41, 5.74) is 8.63. The lowest BCUT2D eigenvalue weighted by molar-refractivity contribution is 0.573. The average Bonchev–Trinajstić information content (AvgIpc) is 2.60. The van der Waals surface area contributed by atoms with E-state index in [2.05, 4.69) is 17.0 Å². The van der Waals surface area contributed by atoms with Gasteiger partial charge in [-0.05, 0) is 36.8 Å². The molecule has 0 radical (unpaired) electrons. The molecule has 1 heterocycles. The predicted molar refractivity (Wildman–Crippen MR) is 68.6 cm³/mol. The minimum Gasteiger partial charge on any atom is -0.354 e. The highest BCUT2D eigenvalue weighted by Crippen LogP contribution is 2.28. The number of sulfone groups is 1. The van der Waals surface area contributed by atoms with Crippen LogP contribution in [-0.2, 0) is 22.8 Å². The summed E-state index contributed by atoms with van der Waals surface area (Å²) < 4.78 is 24.2. The number of hydrogen-bond acceptors (Lipinski definition) is 3. The Labute approximate surface area is 103 Å². The maximum atomic E-state index is 11.0. The summed E-state index contributed by atoms with van der Waals surface area (Å²) in [6.07, 6.45) is 9.47. The second-order valence-corrected chi connectivity index (χ2v) is 7.22. The Morgan fingerprint density at radius 1 is 1.47 bits per heavy atom. The highest BCUT2D eigenvalue weighted by Gasteiger charge is 2.18. The van der Waals surface area contributed by atoms with Crippen LogP contribution in [0.2, 0.25) is 0 Å². The molecule has 2 rings (SSSR count). The number of nitrogens with two attached hydrogens (primary N) is 1. The highest BCUT2D eigenvalue weighted by molar-refractivity contribution is 7.90. The zero-order valence-corrected chi connectivity index (χ0v) is 11.0. The van der Waals surface area contributed by atoms with Gasteiger partial charge in [0.15, 0.2) is 0 Å². The topological polar surface area (TPSA) is 65.1 Å². The molecule has 1 atom stereocenters. The second-order valence-electron chi connectivity index (χ2n) is 4.96. The molecule has 0 fully saturated rings. The molecule has 1 aromatic heterocycles. The van der Waals surface area contributed by atoms with E-state index in [1.807, 2.05) is 0 Å². The molecule has 2 N–H and O–H groups in total. The van der Waals surface area contributed by atoms with Crippen LogP contribution in [0.15, 0.2) is 12.4 Å². The van der Waals surface area contributed by atoms with Crippen molar-refractivity contribution < 1.29 is 8.42 Å². The lowest BCUT2D eigenvalue weighted by Gasteiger charge is -2.17. The van der Waals surface area contributed by atoms with Gasteiger partial charge < -0.3 is 10.3 Å². The van der Waals surface area contributed by atoms with Crippen molar-refractivity contribution in [2.75, 3.05) is 12.0 Å². The molecule has 1 unspecified atom stereocenters. The molecule has 17 heavy (non-hydrogen) atoms. The van der Waals surface area contributed by atoms with E-state index in [0.717, 1.165) is 25.8 Å². The van der Waals surface area contributed by atoms with E-state index in [1.54, 1.807) is 0 Å². The van der Waals surface area contributed by atoms with E-state index in [-0.39, 0.29) is 11.8 Å². The minimum absolute atomic E-state index is 0.162. The van der Waals surface area contributed by atoms with Crippen molar-refractivity contribution in [1.82, 2.24) is 4.57 Å². The Bertz CT molecular complexity index is 491. The van der Waals surface area contributed by atoms with Gasteiger partial charge in [0.2, 0.25) is 0 Å². The molecule has 96 valence electrons. The van der Waals surface area contributed by atoms with E-state index in [0.29, 0.717) is 6.42 Å². The van der Waals surface area contributed by atoms with Gasteiger partial charge in [0.1, 0.15) is 9.84 Å². The van der Waals surface area contributed by atoms with Crippen molar-refractivity contribution in [3.8, 4) is 0 Å². The summed E-state index contributed by atoms with van der Waals surface area (Å²) in [5, 5.41) is 0. The quantitative estimate of drug-likeness (QED) is 0.882. The molecule has 0 saturated heterocycles. The van der Waals surface area contributed by atoms with E-state index in [9.17, 15) is 8.42 Å². The Morgan fingerprint density at radius 3 is 2.88 bits per heavy atom. The van der Waals surface area contributed by atoms with Crippen LogP contribution in [0, 0.1) is 0 Å². The van der Waals surface area contributed by atoms with E-state index in [4.69, 9.17) is 5.73 Å². The van der Waals surface area contributed by atoms with Gasteiger partial charge in [-0.1, -0.05) is 0 Å². The number of fused-ring (bicyclic) bond motifs is 1. The van der Waals surface area contributed by atoms with Gasteiger partial charge >= 0.3 is 0 Å². The molecule has 0 spiro atoms. The molecular formula is C12H20N2O2S. The fraction of sp³-hybridized carbons (Fsp3) is 0.667. The number of aryl methyl sites for hydroxylation is 2. The van der Waals surface area contributed by atoms with Gasteiger partial charge in [0, 0.05) is 31.2 Å². The number of rotatable bonds is 4. The zero-order chi connectivity index (χ0) is 12.5. The first-order valence-electron chi connectivity index (χ1n) is 6.07. The third-order valence-corrected chi connectivity index (χ3v) is 4.32. The minimum atomic E-state index is -2.85. The summed E-state index contributed by atoms with van der Waals surface area (Å²) >= 11 is 0. The SMILES string of the molecule is CS(=O)(=O)CCCn1cc2c(c1)C(N)CCC2. The third kappa shape index (κ3) is 3.33. The van der Waals surface area contributed by atoms with Gasteiger partial charge in [-0.15, -0.1) is 0 Å². The summed E-state index contributed by atoms with van der Waals surface area (Å²) in [5.74, 6) is 0.252. The van der Waals surface area contributed by atoms with Crippen molar-refractivity contribution >= 4 is 9.84 Å². The Balaban J connectivity index is 1.99. The van der Waals surface area contributed by atoms with Crippen LogP contribution < -0.4 is 5.73 Å². The summed E-state index contributed by atoms with van der Waals surface area (Å²) in [4.78, 5) is 0. The van der Waals surface area contributed by atoms with Crippen molar-refractivity contribution in [3.63, 3.8) is 0 Å². The molecule has 4 nitrogen and oxygen atoms in total. The highest BCUT2D eigenvalue weighted by atomic mass is 32.2. The average molecular weight is 256 g/mol. The molecule has 5 heteroatoms. The Hall–Kier alpha value is -0.810. The van der Waals surface area contributed by atoms with Crippen LogP contribution >= 0.6 is 0 Å². The molecule has 0 bridgehead atoms. The molecule has 0 aromatic carbocycles. The fourth-order valence-corrected chi connectivity index (χ4v) is 3.08. The summed E-state index contributed by atoms with van der Waals surface area (Å²) in [7, 11) is -2.85. The summed E-state index contributed by atoms with van der Waals surface area (Å²) in [6.45, 7) is 0.757. The standard InChI is InChI=1S/C12H20N2O2S/c1-17(15,16)7-3-6-14-8-10-4-2-5-12(13)11(10)9-14/h8-9,12H,2-7,13H2,1H3. The van der Waals surface area contributed by atoms with Crippen LogP contribution in [-0.4, -0.2) is 25.0 Å². The zero-order valence-electron chi connectivity index (χ0n) is 10.2. The fourth-order valence-electron chi connectivity index (χ4n) is 2.42.